The molecule has 0 radical (unpaired) electrons. The van der Waals surface area contributed by atoms with Crippen molar-refractivity contribution >= 4 is 11.3 Å². The van der Waals surface area contributed by atoms with Gasteiger partial charge in [-0.25, -0.2) is 4.98 Å². The second kappa shape index (κ2) is 4.58. The fourth-order valence-corrected chi connectivity index (χ4v) is 1.39. The van der Waals surface area contributed by atoms with Crippen molar-refractivity contribution in [1.29, 1.82) is 0 Å². The monoisotopic (exact) mass is 184 g/mol. The predicted molar refractivity (Wildman–Crippen MR) is 53.3 cm³/mol. The van der Waals surface area contributed by atoms with E-state index in [0.717, 1.165) is 6.54 Å². The summed E-state index contributed by atoms with van der Waals surface area (Å²) in [7, 11) is 0. The molecule has 0 amide bonds. The molecule has 1 atom stereocenters. The summed E-state index contributed by atoms with van der Waals surface area (Å²) in [5.41, 5.74) is 0. The molecule has 1 unspecified atom stereocenters. The Morgan fingerprint density at radius 3 is 2.75 bits per heavy atom. The molecule has 3 heteroatoms. The zero-order valence-corrected chi connectivity index (χ0v) is 8.69. The van der Waals surface area contributed by atoms with Crippen LogP contribution in [0.5, 0.6) is 0 Å². The second-order valence-corrected chi connectivity index (χ2v) is 4.32. The molecule has 1 rings (SSSR count). The SMILES string of the molecule is CC(C)C(C)NCc1nccs1. The van der Waals surface area contributed by atoms with Crippen LogP contribution in [0.2, 0.25) is 0 Å². The Hall–Kier alpha value is -0.410. The van der Waals surface area contributed by atoms with Gasteiger partial charge in [0.05, 0.1) is 0 Å². The lowest BCUT2D eigenvalue weighted by molar-refractivity contribution is 0.426. The zero-order chi connectivity index (χ0) is 8.97. The normalized spacial score (nSPS) is 13.7. The maximum atomic E-state index is 4.20. The van der Waals surface area contributed by atoms with E-state index in [1.165, 1.54) is 5.01 Å². The van der Waals surface area contributed by atoms with Crippen LogP contribution < -0.4 is 5.32 Å². The highest BCUT2D eigenvalue weighted by Crippen LogP contribution is 2.05. The summed E-state index contributed by atoms with van der Waals surface area (Å²) >= 11 is 1.70. The van der Waals surface area contributed by atoms with Gasteiger partial charge < -0.3 is 5.32 Å². The Morgan fingerprint density at radius 1 is 1.50 bits per heavy atom. The van der Waals surface area contributed by atoms with Crippen molar-refractivity contribution in [3.05, 3.63) is 16.6 Å². The van der Waals surface area contributed by atoms with Gasteiger partial charge in [-0.2, -0.15) is 0 Å². The van der Waals surface area contributed by atoms with Gasteiger partial charge in [0, 0.05) is 24.2 Å². The number of aromatic nitrogens is 1. The number of hydrogen-bond acceptors (Lipinski definition) is 3. The third kappa shape index (κ3) is 2.91. The van der Waals surface area contributed by atoms with Crippen LogP contribution in [0.3, 0.4) is 0 Å². The predicted octanol–water partition coefficient (Wildman–Crippen LogP) is 2.28. The average molecular weight is 184 g/mol. The smallest absolute Gasteiger partial charge is 0.106 e. The quantitative estimate of drug-likeness (QED) is 0.776. The molecule has 1 N–H and O–H groups in total. The molecule has 0 saturated heterocycles. The largest absolute Gasteiger partial charge is 0.308 e. The highest BCUT2D eigenvalue weighted by atomic mass is 32.1. The molecule has 0 aliphatic heterocycles. The fourth-order valence-electron chi connectivity index (χ4n) is 0.824. The van der Waals surface area contributed by atoms with Gasteiger partial charge in [0.15, 0.2) is 0 Å². The Morgan fingerprint density at radius 2 is 2.25 bits per heavy atom. The number of thiazole rings is 1. The van der Waals surface area contributed by atoms with Crippen LogP contribution in [0, 0.1) is 5.92 Å². The molecular formula is C9H16N2S. The summed E-state index contributed by atoms with van der Waals surface area (Å²) in [5.74, 6) is 0.685. The van der Waals surface area contributed by atoms with E-state index in [0.29, 0.717) is 12.0 Å². The van der Waals surface area contributed by atoms with Gasteiger partial charge in [-0.1, -0.05) is 13.8 Å². The molecular weight excluding hydrogens is 168 g/mol. The van der Waals surface area contributed by atoms with E-state index in [-0.39, 0.29) is 0 Å². The molecule has 0 fully saturated rings. The molecule has 1 heterocycles. The minimum atomic E-state index is 0.564. The van der Waals surface area contributed by atoms with E-state index in [4.69, 9.17) is 0 Å². The lowest BCUT2D eigenvalue weighted by atomic mass is 10.1. The average Bonchev–Trinajstić information content (AvgIpc) is 2.51. The maximum Gasteiger partial charge on any atom is 0.106 e. The summed E-state index contributed by atoms with van der Waals surface area (Å²) in [6.45, 7) is 7.55. The molecule has 0 aliphatic rings. The standard InChI is InChI=1S/C9H16N2S/c1-7(2)8(3)11-6-9-10-4-5-12-9/h4-5,7-8,11H,6H2,1-3H3. The molecule has 1 aromatic rings. The molecule has 68 valence electrons. The van der Waals surface area contributed by atoms with Crippen LogP contribution in [0.15, 0.2) is 11.6 Å². The first-order valence-corrected chi connectivity index (χ1v) is 5.20. The van der Waals surface area contributed by atoms with Crippen molar-refractivity contribution in [1.82, 2.24) is 10.3 Å². The van der Waals surface area contributed by atoms with Crippen LogP contribution in [0.1, 0.15) is 25.8 Å². The van der Waals surface area contributed by atoms with E-state index in [9.17, 15) is 0 Å². The van der Waals surface area contributed by atoms with Gasteiger partial charge in [-0.05, 0) is 12.8 Å². The Balaban J connectivity index is 2.27. The molecule has 0 aliphatic carbocycles. The van der Waals surface area contributed by atoms with Crippen molar-refractivity contribution in [2.45, 2.75) is 33.4 Å². The van der Waals surface area contributed by atoms with Gasteiger partial charge in [-0.3, -0.25) is 0 Å². The van der Waals surface area contributed by atoms with Crippen molar-refractivity contribution < 1.29 is 0 Å². The van der Waals surface area contributed by atoms with Gasteiger partial charge in [-0.15, -0.1) is 11.3 Å². The highest BCUT2D eigenvalue weighted by molar-refractivity contribution is 7.09. The van der Waals surface area contributed by atoms with Crippen LogP contribution in [0.25, 0.3) is 0 Å². The van der Waals surface area contributed by atoms with Crippen molar-refractivity contribution in [2.75, 3.05) is 0 Å². The summed E-state index contributed by atoms with van der Waals surface area (Å²) in [6.07, 6.45) is 1.85. The van der Waals surface area contributed by atoms with Gasteiger partial charge in [0.25, 0.3) is 0 Å². The third-order valence-electron chi connectivity index (χ3n) is 2.06. The molecule has 0 saturated carbocycles. The van der Waals surface area contributed by atoms with Crippen LogP contribution in [-0.2, 0) is 6.54 Å². The van der Waals surface area contributed by atoms with E-state index in [1.807, 2.05) is 11.6 Å². The molecule has 12 heavy (non-hydrogen) atoms. The summed E-state index contributed by atoms with van der Waals surface area (Å²) in [6, 6.07) is 0.564. The Kier molecular flexibility index (Phi) is 3.69. The van der Waals surface area contributed by atoms with Gasteiger partial charge in [0.1, 0.15) is 5.01 Å². The Labute approximate surface area is 78.0 Å². The second-order valence-electron chi connectivity index (χ2n) is 3.34. The molecule has 0 aromatic carbocycles. The van der Waals surface area contributed by atoms with Crippen molar-refractivity contribution in [2.24, 2.45) is 5.92 Å². The topological polar surface area (TPSA) is 24.9 Å². The number of nitrogens with one attached hydrogen (secondary N) is 1. The molecule has 0 bridgehead atoms. The van der Waals surface area contributed by atoms with E-state index in [1.54, 1.807) is 11.3 Å². The number of nitrogens with zero attached hydrogens (tertiary/aromatic N) is 1. The number of rotatable bonds is 4. The fraction of sp³-hybridized carbons (Fsp3) is 0.667. The first-order valence-electron chi connectivity index (χ1n) is 4.32. The molecule has 2 nitrogen and oxygen atoms in total. The minimum absolute atomic E-state index is 0.564. The Bertz CT molecular complexity index is 206. The summed E-state index contributed by atoms with van der Waals surface area (Å²) in [4.78, 5) is 4.20. The lowest BCUT2D eigenvalue weighted by Crippen LogP contribution is -2.30. The van der Waals surface area contributed by atoms with Crippen molar-refractivity contribution in [3.63, 3.8) is 0 Å². The van der Waals surface area contributed by atoms with Crippen LogP contribution in [-0.4, -0.2) is 11.0 Å². The third-order valence-corrected chi connectivity index (χ3v) is 2.84. The summed E-state index contributed by atoms with van der Waals surface area (Å²) < 4.78 is 0. The summed E-state index contributed by atoms with van der Waals surface area (Å²) in [5, 5.41) is 6.61. The molecule has 0 spiro atoms. The first-order chi connectivity index (χ1) is 5.70. The van der Waals surface area contributed by atoms with E-state index in [2.05, 4.69) is 31.1 Å². The molecule has 1 aromatic heterocycles. The first kappa shape index (κ1) is 9.68. The van der Waals surface area contributed by atoms with Crippen LogP contribution in [0.4, 0.5) is 0 Å². The van der Waals surface area contributed by atoms with E-state index >= 15 is 0 Å². The highest BCUT2D eigenvalue weighted by Gasteiger charge is 2.05. The van der Waals surface area contributed by atoms with Gasteiger partial charge in [0.2, 0.25) is 0 Å². The zero-order valence-electron chi connectivity index (χ0n) is 7.87. The minimum Gasteiger partial charge on any atom is -0.308 e. The maximum absolute atomic E-state index is 4.20. The van der Waals surface area contributed by atoms with Crippen LogP contribution >= 0.6 is 11.3 Å². The van der Waals surface area contributed by atoms with Crippen molar-refractivity contribution in [3.8, 4) is 0 Å². The number of hydrogen-bond donors (Lipinski definition) is 1. The van der Waals surface area contributed by atoms with Gasteiger partial charge >= 0.3 is 0 Å². The van der Waals surface area contributed by atoms with E-state index < -0.39 is 0 Å². The lowest BCUT2D eigenvalue weighted by Gasteiger charge is -2.16.